The molecular weight excluding hydrogens is 384 g/mol. The molecule has 5 fully saturated rings. The van der Waals surface area contributed by atoms with Gasteiger partial charge in [-0.15, -0.1) is 0 Å². The number of ether oxygens (including phenoxy) is 3. The second-order valence-corrected chi connectivity index (χ2v) is 11.0. The third-order valence-corrected chi connectivity index (χ3v) is 10.2. The Balaban J connectivity index is 1.49. The van der Waals surface area contributed by atoms with E-state index in [1.165, 1.54) is 7.11 Å². The third kappa shape index (κ3) is 1.94. The molecule has 3 saturated carbocycles. The molecule has 8 atom stereocenters. The van der Waals surface area contributed by atoms with Crippen molar-refractivity contribution in [1.29, 1.82) is 0 Å². The van der Waals surface area contributed by atoms with Crippen LogP contribution in [0.4, 0.5) is 0 Å². The van der Waals surface area contributed by atoms with Crippen LogP contribution in [-0.2, 0) is 28.6 Å². The zero-order chi connectivity index (χ0) is 21.1. The van der Waals surface area contributed by atoms with Gasteiger partial charge in [0.1, 0.15) is 11.2 Å². The van der Waals surface area contributed by atoms with Crippen LogP contribution in [0.2, 0.25) is 0 Å². The number of methoxy groups -OCH3 is 1. The summed E-state index contributed by atoms with van der Waals surface area (Å²) in [5, 5.41) is 0. The molecule has 2 aliphatic heterocycles. The van der Waals surface area contributed by atoms with Gasteiger partial charge in [-0.3, -0.25) is 14.4 Å². The predicted octanol–water partition coefficient (Wildman–Crippen LogP) is 3.12. The van der Waals surface area contributed by atoms with Crippen LogP contribution in [0, 0.1) is 28.6 Å². The van der Waals surface area contributed by atoms with Crippen LogP contribution < -0.4 is 0 Å². The first-order valence-corrected chi connectivity index (χ1v) is 11.4. The number of esters is 2. The Morgan fingerprint density at radius 1 is 1.17 bits per heavy atom. The first-order chi connectivity index (χ1) is 14.2. The monoisotopic (exact) mass is 414 g/mol. The van der Waals surface area contributed by atoms with Crippen molar-refractivity contribution in [3.05, 3.63) is 11.6 Å². The highest BCUT2D eigenvalue weighted by Gasteiger charge is 2.83. The lowest BCUT2D eigenvalue weighted by Crippen LogP contribution is -2.63. The molecule has 0 aromatic rings. The molecular formula is C24H30O6. The SMILES string of the molecule is COC(=O)[C@@H]1CC2=CC(=O)CC[C@]2(C)C23O[C@@H]2C[C@@]2(C)C(CCC24CCC(=O)O4)[C@H]13. The van der Waals surface area contributed by atoms with Crippen molar-refractivity contribution in [2.24, 2.45) is 28.6 Å². The second kappa shape index (κ2) is 5.56. The standard InChI is InChI=1S/C24H30O6/c1-21-7-4-14(25)10-13(21)11-15(20(27)28-3)19-16-5-8-23(9-6-18(26)30-23)22(16,2)12-17-24(19,21)29-17/h10,15-17,19H,4-9,11-12H2,1-3H3/t15-,16?,17-,19+,21+,22+,23?,24?/m1/s1. The van der Waals surface area contributed by atoms with Gasteiger partial charge < -0.3 is 14.2 Å². The quantitative estimate of drug-likeness (QED) is 0.484. The molecule has 3 unspecified atom stereocenters. The predicted molar refractivity (Wildman–Crippen MR) is 105 cm³/mol. The summed E-state index contributed by atoms with van der Waals surface area (Å²) >= 11 is 0. The molecule has 6 heteroatoms. The lowest BCUT2D eigenvalue weighted by atomic mass is 9.43. The van der Waals surface area contributed by atoms with Crippen molar-refractivity contribution in [2.45, 2.75) is 82.5 Å². The van der Waals surface area contributed by atoms with E-state index in [1.54, 1.807) is 6.08 Å². The Morgan fingerprint density at radius 2 is 1.97 bits per heavy atom. The molecule has 2 spiro atoms. The normalized spacial score (nSPS) is 53.2. The highest BCUT2D eigenvalue weighted by Crippen LogP contribution is 2.78. The Kier molecular flexibility index (Phi) is 3.53. The van der Waals surface area contributed by atoms with Gasteiger partial charge in [0.05, 0.1) is 19.1 Å². The topological polar surface area (TPSA) is 82.2 Å². The third-order valence-electron chi connectivity index (χ3n) is 10.2. The zero-order valence-corrected chi connectivity index (χ0v) is 18.0. The van der Waals surface area contributed by atoms with Gasteiger partial charge in [0, 0.05) is 29.6 Å². The Morgan fingerprint density at radius 3 is 2.67 bits per heavy atom. The van der Waals surface area contributed by atoms with Crippen molar-refractivity contribution in [3.63, 3.8) is 0 Å². The molecule has 4 aliphatic carbocycles. The zero-order valence-electron chi connectivity index (χ0n) is 18.0. The number of epoxide rings is 1. The molecule has 0 bridgehead atoms. The fourth-order valence-electron chi connectivity index (χ4n) is 8.69. The summed E-state index contributed by atoms with van der Waals surface area (Å²) in [5.74, 6) is -0.201. The number of carbonyl (C=O) groups is 3. The minimum absolute atomic E-state index is 0.0303. The van der Waals surface area contributed by atoms with E-state index in [0.717, 1.165) is 37.7 Å². The number of rotatable bonds is 1. The summed E-state index contributed by atoms with van der Waals surface area (Å²) in [6.07, 6.45) is 7.61. The number of carbonyl (C=O) groups excluding carboxylic acids is 3. The molecule has 162 valence electrons. The smallest absolute Gasteiger partial charge is 0.309 e. The Bertz CT molecular complexity index is 907. The molecule has 6 rings (SSSR count). The largest absolute Gasteiger partial charge is 0.469 e. The minimum Gasteiger partial charge on any atom is -0.469 e. The number of hydrogen-bond donors (Lipinski definition) is 0. The van der Waals surface area contributed by atoms with Crippen molar-refractivity contribution in [1.82, 2.24) is 0 Å². The first-order valence-electron chi connectivity index (χ1n) is 11.4. The maximum absolute atomic E-state index is 13.0. The summed E-state index contributed by atoms with van der Waals surface area (Å²) in [5.41, 5.74) is -0.175. The summed E-state index contributed by atoms with van der Waals surface area (Å²) in [6.45, 7) is 4.51. The summed E-state index contributed by atoms with van der Waals surface area (Å²) < 4.78 is 17.9. The van der Waals surface area contributed by atoms with Gasteiger partial charge in [-0.25, -0.2) is 0 Å². The first kappa shape index (κ1) is 19.0. The van der Waals surface area contributed by atoms with Gasteiger partial charge in [0.2, 0.25) is 0 Å². The number of ketones is 1. The maximum Gasteiger partial charge on any atom is 0.309 e. The van der Waals surface area contributed by atoms with E-state index in [1.807, 2.05) is 0 Å². The van der Waals surface area contributed by atoms with Crippen LogP contribution >= 0.6 is 0 Å². The van der Waals surface area contributed by atoms with E-state index in [4.69, 9.17) is 14.2 Å². The summed E-state index contributed by atoms with van der Waals surface area (Å²) in [7, 11) is 1.45. The Labute approximate surface area is 176 Å². The summed E-state index contributed by atoms with van der Waals surface area (Å²) in [6, 6.07) is 0. The molecule has 2 saturated heterocycles. The molecule has 2 heterocycles. The van der Waals surface area contributed by atoms with Gasteiger partial charge in [0.15, 0.2) is 5.78 Å². The fraction of sp³-hybridized carbons (Fsp3) is 0.792. The van der Waals surface area contributed by atoms with Crippen LogP contribution in [0.5, 0.6) is 0 Å². The fourth-order valence-corrected chi connectivity index (χ4v) is 8.69. The minimum atomic E-state index is -0.424. The van der Waals surface area contributed by atoms with E-state index >= 15 is 0 Å². The van der Waals surface area contributed by atoms with Crippen LogP contribution in [0.3, 0.4) is 0 Å². The van der Waals surface area contributed by atoms with E-state index in [2.05, 4.69) is 13.8 Å². The van der Waals surface area contributed by atoms with E-state index in [-0.39, 0.29) is 52.4 Å². The van der Waals surface area contributed by atoms with Gasteiger partial charge >= 0.3 is 11.9 Å². The molecule has 30 heavy (non-hydrogen) atoms. The van der Waals surface area contributed by atoms with Gasteiger partial charge in [0.25, 0.3) is 0 Å². The van der Waals surface area contributed by atoms with E-state index in [0.29, 0.717) is 19.3 Å². The number of fused-ring (bicyclic) bond motifs is 4. The van der Waals surface area contributed by atoms with Crippen LogP contribution in [-0.4, -0.2) is 42.1 Å². The van der Waals surface area contributed by atoms with E-state index in [9.17, 15) is 14.4 Å². The van der Waals surface area contributed by atoms with E-state index < -0.39 is 11.2 Å². The highest BCUT2D eigenvalue weighted by molar-refractivity contribution is 5.92. The average molecular weight is 414 g/mol. The average Bonchev–Trinajstić information content (AvgIpc) is 3.20. The summed E-state index contributed by atoms with van der Waals surface area (Å²) in [4.78, 5) is 37.4. The number of hydrogen-bond acceptors (Lipinski definition) is 6. The molecule has 0 aromatic heterocycles. The van der Waals surface area contributed by atoms with Crippen molar-refractivity contribution in [3.8, 4) is 0 Å². The molecule has 0 aromatic carbocycles. The molecule has 0 amide bonds. The molecule has 0 radical (unpaired) electrons. The van der Waals surface area contributed by atoms with Crippen LogP contribution in [0.15, 0.2) is 11.6 Å². The highest BCUT2D eigenvalue weighted by atomic mass is 16.6. The molecule has 6 nitrogen and oxygen atoms in total. The Hall–Kier alpha value is -1.69. The van der Waals surface area contributed by atoms with Crippen LogP contribution in [0.1, 0.15) is 65.2 Å². The second-order valence-electron chi connectivity index (χ2n) is 11.0. The maximum atomic E-state index is 13.0. The lowest BCUT2D eigenvalue weighted by Gasteiger charge is -2.58. The van der Waals surface area contributed by atoms with Gasteiger partial charge in [-0.2, -0.15) is 0 Å². The molecule has 6 aliphatic rings. The van der Waals surface area contributed by atoms with Crippen molar-refractivity contribution >= 4 is 17.7 Å². The van der Waals surface area contributed by atoms with Crippen LogP contribution in [0.25, 0.3) is 0 Å². The van der Waals surface area contributed by atoms with Crippen molar-refractivity contribution in [2.75, 3.05) is 7.11 Å². The molecule has 0 N–H and O–H groups in total. The van der Waals surface area contributed by atoms with Gasteiger partial charge in [-0.05, 0) is 50.5 Å². The van der Waals surface area contributed by atoms with Gasteiger partial charge in [-0.1, -0.05) is 19.4 Å². The van der Waals surface area contributed by atoms with Crippen molar-refractivity contribution < 1.29 is 28.6 Å². The lowest BCUT2D eigenvalue weighted by molar-refractivity contribution is -0.172.